The number of methoxy groups -OCH3 is 1. The summed E-state index contributed by atoms with van der Waals surface area (Å²) in [5.74, 6) is 2.83. The van der Waals surface area contributed by atoms with Gasteiger partial charge >= 0.3 is 0 Å². The lowest BCUT2D eigenvalue weighted by molar-refractivity contribution is 0.0404. The van der Waals surface area contributed by atoms with Crippen LogP contribution in [0, 0.1) is 29.1 Å². The van der Waals surface area contributed by atoms with Crippen molar-refractivity contribution in [3.63, 3.8) is 0 Å². The van der Waals surface area contributed by atoms with Crippen molar-refractivity contribution in [3.8, 4) is 6.07 Å². The summed E-state index contributed by atoms with van der Waals surface area (Å²) in [6.07, 6.45) is 6.88. The highest BCUT2D eigenvalue weighted by atomic mass is 16.5. The topological polar surface area (TPSA) is 39.5 Å². The number of benzene rings is 2. The molecule has 4 nitrogen and oxygen atoms in total. The molecule has 2 aromatic carbocycles. The van der Waals surface area contributed by atoms with Crippen molar-refractivity contribution in [3.05, 3.63) is 65.7 Å². The first kappa shape index (κ1) is 22.4. The van der Waals surface area contributed by atoms with Crippen LogP contribution in [0.25, 0.3) is 0 Å². The van der Waals surface area contributed by atoms with E-state index < -0.39 is 0 Å². The van der Waals surface area contributed by atoms with E-state index in [0.29, 0.717) is 17.9 Å². The summed E-state index contributed by atoms with van der Waals surface area (Å²) in [5.41, 5.74) is 3.52. The van der Waals surface area contributed by atoms with Gasteiger partial charge in [0.2, 0.25) is 0 Å². The second-order valence-electron chi connectivity index (χ2n) is 10.4. The number of piperidine rings is 1. The largest absolute Gasteiger partial charge is 0.381 e. The van der Waals surface area contributed by atoms with Crippen molar-refractivity contribution in [1.82, 2.24) is 4.90 Å². The van der Waals surface area contributed by atoms with E-state index in [1.54, 1.807) is 0 Å². The van der Waals surface area contributed by atoms with Gasteiger partial charge in [-0.25, -0.2) is 0 Å². The molecule has 2 aliphatic heterocycles. The highest BCUT2D eigenvalue weighted by Gasteiger charge is 2.40. The van der Waals surface area contributed by atoms with Gasteiger partial charge in [0, 0.05) is 38.3 Å². The van der Waals surface area contributed by atoms with Crippen LogP contribution in [0.1, 0.15) is 49.1 Å². The fourth-order valence-corrected chi connectivity index (χ4v) is 6.71. The molecule has 2 heterocycles. The van der Waals surface area contributed by atoms with Crippen LogP contribution < -0.4 is 4.90 Å². The van der Waals surface area contributed by atoms with Crippen molar-refractivity contribution in [1.29, 1.82) is 5.26 Å². The van der Waals surface area contributed by atoms with Crippen LogP contribution in [0.4, 0.5) is 5.69 Å². The number of hydrogen-bond donors (Lipinski definition) is 0. The monoisotopic (exact) mass is 443 g/mol. The zero-order valence-corrected chi connectivity index (χ0v) is 19.9. The van der Waals surface area contributed by atoms with Crippen molar-refractivity contribution >= 4 is 5.69 Å². The molecule has 3 atom stereocenters. The first-order chi connectivity index (χ1) is 16.2. The average molecular weight is 444 g/mol. The highest BCUT2D eigenvalue weighted by Crippen LogP contribution is 2.46. The lowest BCUT2D eigenvalue weighted by Crippen LogP contribution is -2.52. The molecule has 0 spiro atoms. The molecule has 5 rings (SSSR count). The van der Waals surface area contributed by atoms with E-state index in [1.165, 1.54) is 63.0 Å². The average Bonchev–Trinajstić information content (AvgIpc) is 3.31. The van der Waals surface area contributed by atoms with Crippen molar-refractivity contribution in [2.75, 3.05) is 44.7 Å². The van der Waals surface area contributed by atoms with Gasteiger partial charge in [0.15, 0.2) is 0 Å². The molecule has 0 radical (unpaired) electrons. The molecular weight excluding hydrogens is 406 g/mol. The maximum atomic E-state index is 8.99. The Labute approximate surface area is 199 Å². The summed E-state index contributed by atoms with van der Waals surface area (Å²) in [6.45, 7) is 5.95. The molecular formula is C29H37N3O. The van der Waals surface area contributed by atoms with Gasteiger partial charge < -0.3 is 14.5 Å². The number of rotatable bonds is 7. The minimum atomic E-state index is 0.427. The van der Waals surface area contributed by atoms with Gasteiger partial charge in [-0.3, -0.25) is 0 Å². The molecule has 3 fully saturated rings. The van der Waals surface area contributed by atoms with E-state index in [2.05, 4.69) is 58.3 Å². The predicted molar refractivity (Wildman–Crippen MR) is 133 cm³/mol. The summed E-state index contributed by atoms with van der Waals surface area (Å²) in [6, 6.07) is 21.5. The van der Waals surface area contributed by atoms with Crippen LogP contribution >= 0.6 is 0 Å². The molecule has 1 saturated carbocycles. The molecule has 0 aromatic heterocycles. The standard InChI is InChI=1S/C29H37N3O/c1-33-28-9-5-8-27(28)29(24-6-3-2-4-7-24)25-14-16-31(17-15-25)19-23-20-32(21-23)26-12-10-22(18-30)11-13-26/h2-4,6-7,10-13,23,25,27-29H,5,8-9,14-17,19-21H2,1H3/t27-,28-,29?/m0/s1. The molecule has 2 aromatic rings. The fraction of sp³-hybridized carbons (Fsp3) is 0.552. The molecule has 0 N–H and O–H groups in total. The van der Waals surface area contributed by atoms with Crippen LogP contribution in [0.15, 0.2) is 54.6 Å². The first-order valence-electron chi connectivity index (χ1n) is 12.8. The first-order valence-corrected chi connectivity index (χ1v) is 12.8. The van der Waals surface area contributed by atoms with Gasteiger partial charge in [-0.05, 0) is 86.4 Å². The molecule has 1 unspecified atom stereocenters. The zero-order chi connectivity index (χ0) is 22.6. The van der Waals surface area contributed by atoms with Gasteiger partial charge in [0.05, 0.1) is 17.7 Å². The van der Waals surface area contributed by atoms with Gasteiger partial charge in [-0.1, -0.05) is 36.8 Å². The summed E-state index contributed by atoms with van der Waals surface area (Å²) in [7, 11) is 1.91. The van der Waals surface area contributed by atoms with E-state index >= 15 is 0 Å². The number of ether oxygens (including phenoxy) is 1. The number of anilines is 1. The molecule has 4 heteroatoms. The Morgan fingerprint density at radius 2 is 1.70 bits per heavy atom. The number of nitriles is 1. The van der Waals surface area contributed by atoms with Crippen molar-refractivity contribution in [2.24, 2.45) is 17.8 Å². The summed E-state index contributed by atoms with van der Waals surface area (Å²) < 4.78 is 5.94. The maximum absolute atomic E-state index is 8.99. The Balaban J connectivity index is 1.15. The molecule has 2 saturated heterocycles. The van der Waals surface area contributed by atoms with Crippen molar-refractivity contribution in [2.45, 2.75) is 44.1 Å². The maximum Gasteiger partial charge on any atom is 0.0991 e. The van der Waals surface area contributed by atoms with E-state index in [0.717, 1.165) is 30.5 Å². The Bertz CT molecular complexity index is 924. The Hall–Kier alpha value is -2.35. The van der Waals surface area contributed by atoms with E-state index in [-0.39, 0.29) is 0 Å². The van der Waals surface area contributed by atoms with Crippen LogP contribution in [0.2, 0.25) is 0 Å². The van der Waals surface area contributed by atoms with Gasteiger partial charge in [0.25, 0.3) is 0 Å². The van der Waals surface area contributed by atoms with E-state index in [9.17, 15) is 0 Å². The minimum Gasteiger partial charge on any atom is -0.381 e. The zero-order valence-electron chi connectivity index (χ0n) is 19.9. The molecule has 33 heavy (non-hydrogen) atoms. The van der Waals surface area contributed by atoms with Crippen LogP contribution in [0.5, 0.6) is 0 Å². The molecule has 0 bridgehead atoms. The third-order valence-electron chi connectivity index (χ3n) is 8.43. The van der Waals surface area contributed by atoms with Crippen LogP contribution in [-0.4, -0.2) is 50.8 Å². The Morgan fingerprint density at radius 1 is 0.970 bits per heavy atom. The Kier molecular flexibility index (Phi) is 6.99. The fourth-order valence-electron chi connectivity index (χ4n) is 6.71. The molecule has 0 amide bonds. The van der Waals surface area contributed by atoms with Crippen LogP contribution in [0.3, 0.4) is 0 Å². The quantitative estimate of drug-likeness (QED) is 0.582. The lowest BCUT2D eigenvalue weighted by Gasteiger charge is -2.45. The smallest absolute Gasteiger partial charge is 0.0991 e. The Morgan fingerprint density at radius 3 is 2.36 bits per heavy atom. The summed E-state index contributed by atoms with van der Waals surface area (Å²) >= 11 is 0. The van der Waals surface area contributed by atoms with Gasteiger partial charge in [0.1, 0.15) is 0 Å². The number of likely N-dealkylation sites (tertiary alicyclic amines) is 1. The minimum absolute atomic E-state index is 0.427. The number of hydrogen-bond acceptors (Lipinski definition) is 4. The van der Waals surface area contributed by atoms with Crippen LogP contribution in [-0.2, 0) is 4.74 Å². The van der Waals surface area contributed by atoms with Gasteiger partial charge in [-0.2, -0.15) is 5.26 Å². The van der Waals surface area contributed by atoms with Crippen molar-refractivity contribution < 1.29 is 4.74 Å². The van der Waals surface area contributed by atoms with Gasteiger partial charge in [-0.15, -0.1) is 0 Å². The molecule has 3 aliphatic rings. The number of nitrogens with zero attached hydrogens (tertiary/aromatic N) is 3. The van der Waals surface area contributed by atoms with E-state index in [4.69, 9.17) is 10.00 Å². The third-order valence-corrected chi connectivity index (χ3v) is 8.43. The SMILES string of the molecule is CO[C@H]1CCC[C@@H]1C(c1ccccc1)C1CCN(CC2CN(c3ccc(C#N)cc3)C2)CC1. The third kappa shape index (κ3) is 4.95. The normalized spacial score (nSPS) is 25.5. The summed E-state index contributed by atoms with van der Waals surface area (Å²) in [5, 5.41) is 8.99. The van der Waals surface area contributed by atoms with E-state index in [1.807, 2.05) is 19.2 Å². The lowest BCUT2D eigenvalue weighted by atomic mass is 9.71. The summed E-state index contributed by atoms with van der Waals surface area (Å²) in [4.78, 5) is 5.15. The predicted octanol–water partition coefficient (Wildman–Crippen LogP) is 5.31. The highest BCUT2D eigenvalue weighted by molar-refractivity contribution is 5.51. The second kappa shape index (κ2) is 10.3. The molecule has 174 valence electrons. The molecule has 1 aliphatic carbocycles. The second-order valence-corrected chi connectivity index (χ2v) is 10.4.